The number of nitrogens with two attached hydrogens (primary N) is 1. The summed E-state index contributed by atoms with van der Waals surface area (Å²) >= 11 is 0. The Morgan fingerprint density at radius 1 is 1.29 bits per heavy atom. The zero-order chi connectivity index (χ0) is 12.1. The highest BCUT2D eigenvalue weighted by Crippen LogP contribution is 2.35. The van der Waals surface area contributed by atoms with E-state index < -0.39 is 0 Å². The predicted molar refractivity (Wildman–Crippen MR) is 66.7 cm³/mol. The van der Waals surface area contributed by atoms with Crippen molar-refractivity contribution in [1.82, 2.24) is 10.1 Å². The Hall–Kier alpha value is -0.900. The van der Waals surface area contributed by atoms with E-state index in [0.717, 1.165) is 30.5 Å². The van der Waals surface area contributed by atoms with Gasteiger partial charge >= 0.3 is 0 Å². The lowest BCUT2D eigenvalue weighted by Gasteiger charge is -2.25. The Kier molecular flexibility index (Phi) is 4.54. The van der Waals surface area contributed by atoms with Crippen molar-refractivity contribution in [3.8, 4) is 0 Å². The van der Waals surface area contributed by atoms with Gasteiger partial charge in [0.15, 0.2) is 5.82 Å². The lowest BCUT2D eigenvalue weighted by atomic mass is 9.80. The van der Waals surface area contributed by atoms with Crippen molar-refractivity contribution in [2.75, 3.05) is 6.54 Å². The summed E-state index contributed by atoms with van der Waals surface area (Å²) in [5.74, 6) is 3.11. The van der Waals surface area contributed by atoms with Crippen molar-refractivity contribution in [2.45, 2.75) is 57.8 Å². The topological polar surface area (TPSA) is 64.9 Å². The summed E-state index contributed by atoms with van der Waals surface area (Å²) in [7, 11) is 0. The van der Waals surface area contributed by atoms with Crippen LogP contribution < -0.4 is 5.73 Å². The molecule has 17 heavy (non-hydrogen) atoms. The third kappa shape index (κ3) is 3.28. The van der Waals surface area contributed by atoms with Gasteiger partial charge in [-0.05, 0) is 44.6 Å². The van der Waals surface area contributed by atoms with Crippen LogP contribution in [0.3, 0.4) is 0 Å². The zero-order valence-corrected chi connectivity index (χ0v) is 10.7. The van der Waals surface area contributed by atoms with Crippen LogP contribution >= 0.6 is 0 Å². The summed E-state index contributed by atoms with van der Waals surface area (Å²) in [4.78, 5) is 4.49. The van der Waals surface area contributed by atoms with E-state index in [1.165, 1.54) is 32.1 Å². The number of aromatic nitrogens is 2. The predicted octanol–water partition coefficient (Wildman–Crippen LogP) is 2.64. The van der Waals surface area contributed by atoms with Crippen molar-refractivity contribution in [1.29, 1.82) is 0 Å². The molecular formula is C13H23N3O. The van der Waals surface area contributed by atoms with Crippen LogP contribution in [0.2, 0.25) is 0 Å². The molecule has 0 aromatic carbocycles. The second kappa shape index (κ2) is 6.15. The van der Waals surface area contributed by atoms with E-state index in [0.29, 0.717) is 12.5 Å². The van der Waals surface area contributed by atoms with Crippen LogP contribution in [0, 0.1) is 5.92 Å². The maximum absolute atomic E-state index is 5.47. The molecule has 2 rings (SSSR count). The van der Waals surface area contributed by atoms with Crippen molar-refractivity contribution in [3.63, 3.8) is 0 Å². The largest absolute Gasteiger partial charge is 0.339 e. The maximum Gasteiger partial charge on any atom is 0.226 e. The minimum absolute atomic E-state index is 0.521. The Labute approximate surface area is 103 Å². The highest BCUT2D eigenvalue weighted by Gasteiger charge is 2.24. The van der Waals surface area contributed by atoms with E-state index in [-0.39, 0.29) is 0 Å². The molecule has 4 nitrogen and oxygen atoms in total. The Morgan fingerprint density at radius 3 is 2.71 bits per heavy atom. The molecule has 1 aromatic heterocycles. The molecule has 1 heterocycles. The van der Waals surface area contributed by atoms with Crippen molar-refractivity contribution >= 4 is 0 Å². The van der Waals surface area contributed by atoms with Crippen molar-refractivity contribution < 1.29 is 4.52 Å². The van der Waals surface area contributed by atoms with Gasteiger partial charge in [0.2, 0.25) is 5.89 Å². The fraction of sp³-hybridized carbons (Fsp3) is 0.846. The number of hydrogen-bond donors (Lipinski definition) is 1. The third-order valence-electron chi connectivity index (χ3n) is 3.87. The average Bonchev–Trinajstić information content (AvgIpc) is 2.85. The fourth-order valence-electron chi connectivity index (χ4n) is 2.62. The highest BCUT2D eigenvalue weighted by molar-refractivity contribution is 4.97. The number of hydrogen-bond acceptors (Lipinski definition) is 4. The third-order valence-corrected chi connectivity index (χ3v) is 3.87. The van der Waals surface area contributed by atoms with Gasteiger partial charge in [-0.3, -0.25) is 0 Å². The van der Waals surface area contributed by atoms with Crippen LogP contribution in [-0.4, -0.2) is 16.7 Å². The molecule has 1 aliphatic carbocycles. The Balaban J connectivity index is 1.87. The van der Waals surface area contributed by atoms with E-state index >= 15 is 0 Å². The van der Waals surface area contributed by atoms with Gasteiger partial charge in [-0.1, -0.05) is 18.5 Å². The summed E-state index contributed by atoms with van der Waals surface area (Å²) in [5.41, 5.74) is 5.47. The van der Waals surface area contributed by atoms with Gasteiger partial charge in [-0.2, -0.15) is 4.98 Å². The second-order valence-electron chi connectivity index (χ2n) is 5.06. The fourth-order valence-corrected chi connectivity index (χ4v) is 2.62. The molecule has 0 spiro atoms. The molecule has 0 atom stereocenters. The van der Waals surface area contributed by atoms with Gasteiger partial charge in [-0.15, -0.1) is 0 Å². The molecule has 1 saturated carbocycles. The van der Waals surface area contributed by atoms with Gasteiger partial charge < -0.3 is 10.3 Å². The van der Waals surface area contributed by atoms with Crippen LogP contribution in [0.25, 0.3) is 0 Å². The first-order valence-corrected chi connectivity index (χ1v) is 6.86. The quantitative estimate of drug-likeness (QED) is 0.855. The standard InChI is InChI=1S/C13H23N3O/c1-2-10-5-7-11(8-6-10)13-15-12(17-16-13)4-3-9-14/h10-11H,2-9,14H2,1H3. The van der Waals surface area contributed by atoms with Crippen LogP contribution in [0.5, 0.6) is 0 Å². The maximum atomic E-state index is 5.47. The molecule has 96 valence electrons. The van der Waals surface area contributed by atoms with Crippen molar-refractivity contribution in [3.05, 3.63) is 11.7 Å². The van der Waals surface area contributed by atoms with Gasteiger partial charge in [0.1, 0.15) is 0 Å². The first-order valence-electron chi connectivity index (χ1n) is 6.86. The van der Waals surface area contributed by atoms with Crippen LogP contribution in [-0.2, 0) is 6.42 Å². The van der Waals surface area contributed by atoms with Gasteiger partial charge in [0, 0.05) is 12.3 Å². The van der Waals surface area contributed by atoms with Gasteiger partial charge in [-0.25, -0.2) is 0 Å². The number of rotatable bonds is 5. The lowest BCUT2D eigenvalue weighted by molar-refractivity contribution is 0.303. The van der Waals surface area contributed by atoms with E-state index in [1.807, 2.05) is 0 Å². The number of aryl methyl sites for hydroxylation is 1. The molecule has 1 aromatic rings. The molecule has 0 radical (unpaired) electrons. The van der Waals surface area contributed by atoms with Crippen LogP contribution in [0.1, 0.15) is 63.1 Å². The summed E-state index contributed by atoms with van der Waals surface area (Å²) in [6.07, 6.45) is 8.10. The highest BCUT2D eigenvalue weighted by atomic mass is 16.5. The molecule has 1 fully saturated rings. The normalized spacial score (nSPS) is 25.1. The zero-order valence-electron chi connectivity index (χ0n) is 10.7. The van der Waals surface area contributed by atoms with E-state index in [2.05, 4.69) is 17.1 Å². The summed E-state index contributed by atoms with van der Waals surface area (Å²) in [6, 6.07) is 0. The number of nitrogens with zero attached hydrogens (tertiary/aromatic N) is 2. The second-order valence-corrected chi connectivity index (χ2v) is 5.06. The Bertz CT molecular complexity index is 329. The van der Waals surface area contributed by atoms with Gasteiger partial charge in [0.25, 0.3) is 0 Å². The molecule has 0 bridgehead atoms. The first-order chi connectivity index (χ1) is 8.33. The minimum Gasteiger partial charge on any atom is -0.339 e. The summed E-state index contributed by atoms with van der Waals surface area (Å²) in [5, 5.41) is 4.12. The monoisotopic (exact) mass is 237 g/mol. The Morgan fingerprint density at radius 2 is 2.06 bits per heavy atom. The van der Waals surface area contributed by atoms with Crippen LogP contribution in [0.15, 0.2) is 4.52 Å². The average molecular weight is 237 g/mol. The molecule has 4 heteroatoms. The summed E-state index contributed by atoms with van der Waals surface area (Å²) < 4.78 is 5.26. The molecular weight excluding hydrogens is 214 g/mol. The SMILES string of the molecule is CCC1CCC(c2noc(CCCN)n2)CC1. The molecule has 1 aliphatic rings. The molecule has 0 unspecified atom stereocenters. The molecule has 2 N–H and O–H groups in total. The molecule has 0 aliphatic heterocycles. The lowest BCUT2D eigenvalue weighted by Crippen LogP contribution is -2.13. The van der Waals surface area contributed by atoms with E-state index in [9.17, 15) is 0 Å². The summed E-state index contributed by atoms with van der Waals surface area (Å²) in [6.45, 7) is 2.96. The van der Waals surface area contributed by atoms with Crippen molar-refractivity contribution in [2.24, 2.45) is 11.7 Å². The van der Waals surface area contributed by atoms with E-state index in [1.54, 1.807) is 0 Å². The van der Waals surface area contributed by atoms with E-state index in [4.69, 9.17) is 10.3 Å². The molecule has 0 amide bonds. The smallest absolute Gasteiger partial charge is 0.226 e. The van der Waals surface area contributed by atoms with Crippen LogP contribution in [0.4, 0.5) is 0 Å². The first kappa shape index (κ1) is 12.6. The minimum atomic E-state index is 0.521. The molecule has 0 saturated heterocycles. The van der Waals surface area contributed by atoms with Gasteiger partial charge in [0.05, 0.1) is 0 Å².